The molecule has 34 heavy (non-hydrogen) atoms. The monoisotopic (exact) mass is 498 g/mol. The molecule has 4 aromatic rings. The van der Waals surface area contributed by atoms with Gasteiger partial charge in [0.05, 0.1) is 24.5 Å². The van der Waals surface area contributed by atoms with Crippen LogP contribution in [0.5, 0.6) is 0 Å². The highest BCUT2D eigenvalue weighted by molar-refractivity contribution is 7.87. The number of hydrogen-bond acceptors (Lipinski definition) is 4. The number of nitrogens with zero attached hydrogens (tertiary/aromatic N) is 2. The third-order valence-electron chi connectivity index (χ3n) is 5.29. The van der Waals surface area contributed by atoms with E-state index < -0.39 is 20.6 Å². The summed E-state index contributed by atoms with van der Waals surface area (Å²) in [6.45, 7) is -0.256. The Labute approximate surface area is 198 Å². The van der Waals surface area contributed by atoms with Gasteiger partial charge < -0.3 is 0 Å². The van der Waals surface area contributed by atoms with Gasteiger partial charge in [0.15, 0.2) is 0 Å². The minimum Gasteiger partial charge on any atom is -0.269 e. The lowest BCUT2D eigenvalue weighted by Crippen LogP contribution is -2.30. The molecular formula is C24H22N2O6S2. The highest BCUT2D eigenvalue weighted by Crippen LogP contribution is 2.34. The van der Waals surface area contributed by atoms with Crippen molar-refractivity contribution in [1.29, 1.82) is 0 Å². The molecule has 4 rings (SSSR count). The molecule has 0 saturated carbocycles. The van der Waals surface area contributed by atoms with E-state index in [1.54, 1.807) is 78.9 Å². The van der Waals surface area contributed by atoms with Crippen molar-refractivity contribution in [1.82, 2.24) is 0 Å². The number of fused-ring (bicyclic) bond motifs is 1. The zero-order chi connectivity index (χ0) is 24.3. The van der Waals surface area contributed by atoms with Gasteiger partial charge in [-0.1, -0.05) is 78.9 Å². The van der Waals surface area contributed by atoms with E-state index in [1.807, 2.05) is 0 Å². The van der Waals surface area contributed by atoms with E-state index >= 15 is 0 Å². The van der Waals surface area contributed by atoms with Crippen molar-refractivity contribution < 1.29 is 25.9 Å². The molecule has 176 valence electrons. The summed E-state index contributed by atoms with van der Waals surface area (Å²) in [5, 5.41) is 1.01. The smallest absolute Gasteiger partial charge is 0.269 e. The van der Waals surface area contributed by atoms with Crippen LogP contribution in [-0.4, -0.2) is 25.9 Å². The van der Waals surface area contributed by atoms with Gasteiger partial charge in [-0.15, -0.1) is 0 Å². The minimum absolute atomic E-state index is 0.126. The summed E-state index contributed by atoms with van der Waals surface area (Å²) in [5.74, 6) is 0. The summed E-state index contributed by atoms with van der Waals surface area (Å²) in [5.41, 5.74) is 1.61. The normalized spacial score (nSPS) is 11.9. The van der Waals surface area contributed by atoms with Gasteiger partial charge in [0.2, 0.25) is 0 Å². The first-order chi connectivity index (χ1) is 16.1. The summed E-state index contributed by atoms with van der Waals surface area (Å²) in [6, 6.07) is 27.1. The molecule has 0 unspecified atom stereocenters. The zero-order valence-electron chi connectivity index (χ0n) is 17.9. The van der Waals surface area contributed by atoms with E-state index in [2.05, 4.69) is 0 Å². The lowest BCUT2D eigenvalue weighted by molar-refractivity contribution is 0.475. The standard InChI is InChI=1S/C24H22N2O6S2/c27-33(28,29)25(17-19-8-3-1-4-9-19)22-15-14-21-12-7-13-24(23(21)16-22)26(34(30,31)32)18-20-10-5-2-6-11-20/h1-16H,17-18H2,(H,27,28,29)(H,30,31,32). The molecule has 0 aliphatic heterocycles. The fourth-order valence-corrected chi connectivity index (χ4v) is 5.12. The molecule has 10 heteroatoms. The molecule has 0 aliphatic rings. The van der Waals surface area contributed by atoms with Gasteiger partial charge in [-0.25, -0.2) is 8.61 Å². The van der Waals surface area contributed by atoms with Crippen molar-refractivity contribution in [2.24, 2.45) is 0 Å². The number of hydrogen-bond donors (Lipinski definition) is 2. The van der Waals surface area contributed by atoms with E-state index in [0.29, 0.717) is 21.9 Å². The van der Waals surface area contributed by atoms with Gasteiger partial charge in [-0.3, -0.25) is 9.11 Å². The second-order valence-corrected chi connectivity index (χ2v) is 10.3. The molecule has 0 saturated heterocycles. The molecule has 0 atom stereocenters. The predicted octanol–water partition coefficient (Wildman–Crippen LogP) is 4.46. The van der Waals surface area contributed by atoms with Crippen molar-refractivity contribution in [2.75, 3.05) is 8.61 Å². The number of rotatable bonds is 8. The average molecular weight is 499 g/mol. The lowest BCUT2D eigenvalue weighted by Gasteiger charge is -2.25. The first-order valence-corrected chi connectivity index (χ1v) is 13.0. The average Bonchev–Trinajstić information content (AvgIpc) is 2.80. The first-order valence-electron chi connectivity index (χ1n) is 10.2. The van der Waals surface area contributed by atoms with Crippen molar-refractivity contribution in [3.05, 3.63) is 108 Å². The Kier molecular flexibility index (Phi) is 6.58. The molecule has 8 nitrogen and oxygen atoms in total. The maximum absolute atomic E-state index is 12.3. The second-order valence-electron chi connectivity index (χ2n) is 7.62. The Hall–Kier alpha value is -3.44. The molecular weight excluding hydrogens is 476 g/mol. The van der Waals surface area contributed by atoms with E-state index in [0.717, 1.165) is 8.61 Å². The summed E-state index contributed by atoms with van der Waals surface area (Å²) >= 11 is 0. The van der Waals surface area contributed by atoms with Crippen LogP contribution in [0.25, 0.3) is 10.8 Å². The maximum Gasteiger partial charge on any atom is 0.360 e. The molecule has 0 aromatic heterocycles. The van der Waals surface area contributed by atoms with E-state index in [1.165, 1.54) is 18.2 Å². The van der Waals surface area contributed by atoms with Crippen LogP contribution in [0.15, 0.2) is 97.1 Å². The molecule has 0 spiro atoms. The van der Waals surface area contributed by atoms with Crippen LogP contribution in [0.1, 0.15) is 11.1 Å². The molecule has 0 fully saturated rings. The van der Waals surface area contributed by atoms with E-state index in [-0.39, 0.29) is 24.5 Å². The molecule has 2 N–H and O–H groups in total. The summed E-state index contributed by atoms with van der Waals surface area (Å²) in [7, 11) is -9.31. The maximum atomic E-state index is 12.3. The molecule has 0 radical (unpaired) electrons. The van der Waals surface area contributed by atoms with Gasteiger partial charge >= 0.3 is 20.6 Å². The number of anilines is 2. The van der Waals surface area contributed by atoms with Crippen LogP contribution < -0.4 is 8.61 Å². The molecule has 4 aromatic carbocycles. The Morgan fingerprint density at radius 1 is 0.588 bits per heavy atom. The van der Waals surface area contributed by atoms with Crippen molar-refractivity contribution in [2.45, 2.75) is 13.1 Å². The van der Waals surface area contributed by atoms with E-state index in [4.69, 9.17) is 0 Å². The van der Waals surface area contributed by atoms with Gasteiger partial charge in [0, 0.05) is 5.39 Å². The summed E-state index contributed by atoms with van der Waals surface area (Å²) < 4.78 is 70.7. The van der Waals surface area contributed by atoms with Crippen LogP contribution in [0.2, 0.25) is 0 Å². The third-order valence-corrected chi connectivity index (χ3v) is 7.07. The Bertz CT molecular complexity index is 1510. The van der Waals surface area contributed by atoms with Crippen molar-refractivity contribution >= 4 is 42.8 Å². The number of benzene rings is 4. The molecule has 0 aliphatic carbocycles. The van der Waals surface area contributed by atoms with Crippen LogP contribution in [0.4, 0.5) is 11.4 Å². The highest BCUT2D eigenvalue weighted by atomic mass is 32.2. The van der Waals surface area contributed by atoms with Crippen LogP contribution in [-0.2, 0) is 33.7 Å². The Morgan fingerprint density at radius 2 is 1.12 bits per heavy atom. The topological polar surface area (TPSA) is 115 Å². The van der Waals surface area contributed by atoms with Crippen molar-refractivity contribution in [3.8, 4) is 0 Å². The van der Waals surface area contributed by atoms with Crippen molar-refractivity contribution in [3.63, 3.8) is 0 Å². The van der Waals surface area contributed by atoms with Gasteiger partial charge in [-0.2, -0.15) is 16.8 Å². The molecule has 0 bridgehead atoms. The Morgan fingerprint density at radius 3 is 1.65 bits per heavy atom. The molecule has 0 heterocycles. The minimum atomic E-state index is -4.67. The van der Waals surface area contributed by atoms with Gasteiger partial charge in [0.25, 0.3) is 0 Å². The fourth-order valence-electron chi connectivity index (χ4n) is 3.71. The van der Waals surface area contributed by atoms with Crippen LogP contribution in [0, 0.1) is 0 Å². The summed E-state index contributed by atoms with van der Waals surface area (Å²) in [4.78, 5) is 0. The second kappa shape index (κ2) is 9.43. The third kappa shape index (κ3) is 5.37. The van der Waals surface area contributed by atoms with Crippen LogP contribution >= 0.6 is 0 Å². The Balaban J connectivity index is 1.84. The predicted molar refractivity (Wildman–Crippen MR) is 132 cm³/mol. The largest absolute Gasteiger partial charge is 0.360 e. The first kappa shape index (κ1) is 23.7. The summed E-state index contributed by atoms with van der Waals surface area (Å²) in [6.07, 6.45) is 0. The quantitative estimate of drug-likeness (QED) is 0.347. The zero-order valence-corrected chi connectivity index (χ0v) is 19.5. The van der Waals surface area contributed by atoms with Crippen LogP contribution in [0.3, 0.4) is 0 Å². The fraction of sp³-hybridized carbons (Fsp3) is 0.0833. The molecule has 0 amide bonds. The highest BCUT2D eigenvalue weighted by Gasteiger charge is 2.24. The lowest BCUT2D eigenvalue weighted by atomic mass is 10.1. The van der Waals surface area contributed by atoms with E-state index in [9.17, 15) is 25.9 Å². The van der Waals surface area contributed by atoms with Gasteiger partial charge in [-0.05, 0) is 34.7 Å². The van der Waals surface area contributed by atoms with Gasteiger partial charge in [0.1, 0.15) is 0 Å². The SMILES string of the molecule is O=S(=O)(O)N(Cc1ccccc1)c1ccc2cccc(N(Cc3ccccc3)S(=O)(=O)O)c2c1.